The normalized spacial score (nSPS) is 10.9. The molecule has 0 saturated carbocycles. The highest BCUT2D eigenvalue weighted by Gasteiger charge is 2.19. The number of hydrogen-bond acceptors (Lipinski definition) is 4. The zero-order valence-electron chi connectivity index (χ0n) is 9.96. The van der Waals surface area contributed by atoms with Crippen LogP contribution in [0.5, 0.6) is 0 Å². The predicted octanol–water partition coefficient (Wildman–Crippen LogP) is 1.92. The molecule has 0 heterocycles. The fraction of sp³-hybridized carbons (Fsp3) is 0.818. The third-order valence-corrected chi connectivity index (χ3v) is 2.32. The quantitative estimate of drug-likeness (QED) is 0.636. The maximum atomic E-state index is 10.9. The lowest BCUT2D eigenvalue weighted by molar-refractivity contribution is -0.143. The molecule has 0 aromatic carbocycles. The van der Waals surface area contributed by atoms with Crippen molar-refractivity contribution < 1.29 is 19.1 Å². The van der Waals surface area contributed by atoms with Crippen LogP contribution in [0.4, 0.5) is 0 Å². The molecule has 0 N–H and O–H groups in total. The molecule has 0 aliphatic carbocycles. The van der Waals surface area contributed by atoms with Gasteiger partial charge in [-0.25, -0.2) is 0 Å². The van der Waals surface area contributed by atoms with Crippen molar-refractivity contribution in [3.63, 3.8) is 0 Å². The summed E-state index contributed by atoms with van der Waals surface area (Å²) in [6, 6.07) is 0. The van der Waals surface area contributed by atoms with Crippen LogP contribution < -0.4 is 0 Å². The number of hydrogen-bond donors (Lipinski definition) is 0. The monoisotopic (exact) mass is 216 g/mol. The second-order valence-electron chi connectivity index (χ2n) is 4.33. The average Bonchev–Trinajstić information content (AvgIpc) is 2.13. The summed E-state index contributed by atoms with van der Waals surface area (Å²) < 4.78 is 9.42. The van der Waals surface area contributed by atoms with Gasteiger partial charge in [-0.05, 0) is 18.3 Å². The molecular weight excluding hydrogens is 196 g/mol. The minimum atomic E-state index is -0.265. The van der Waals surface area contributed by atoms with Crippen LogP contribution in [-0.2, 0) is 19.1 Å². The predicted molar refractivity (Wildman–Crippen MR) is 56.3 cm³/mol. The number of ether oxygens (including phenoxy) is 2. The van der Waals surface area contributed by atoms with E-state index in [0.29, 0.717) is 13.0 Å². The molecule has 0 aliphatic heterocycles. The molecule has 0 radical (unpaired) electrons. The maximum absolute atomic E-state index is 10.9. The molecule has 0 amide bonds. The Labute approximate surface area is 90.9 Å². The van der Waals surface area contributed by atoms with Gasteiger partial charge in [0.05, 0.1) is 13.7 Å². The Bertz CT molecular complexity index is 221. The molecule has 0 aliphatic rings. The Morgan fingerprint density at radius 1 is 1.20 bits per heavy atom. The number of esters is 2. The van der Waals surface area contributed by atoms with Gasteiger partial charge in [0.15, 0.2) is 0 Å². The van der Waals surface area contributed by atoms with E-state index >= 15 is 0 Å². The van der Waals surface area contributed by atoms with Crippen LogP contribution in [-0.4, -0.2) is 25.7 Å². The van der Waals surface area contributed by atoms with E-state index in [1.165, 1.54) is 14.0 Å². The van der Waals surface area contributed by atoms with Gasteiger partial charge in [0.2, 0.25) is 0 Å². The Morgan fingerprint density at radius 3 is 2.27 bits per heavy atom. The average molecular weight is 216 g/mol. The summed E-state index contributed by atoms with van der Waals surface area (Å²) >= 11 is 0. The van der Waals surface area contributed by atoms with Crippen molar-refractivity contribution in [3.05, 3.63) is 0 Å². The largest absolute Gasteiger partial charge is 0.469 e. The molecule has 0 fully saturated rings. The lowest BCUT2D eigenvalue weighted by atomic mass is 9.85. The van der Waals surface area contributed by atoms with Crippen LogP contribution in [0.25, 0.3) is 0 Å². The summed E-state index contributed by atoms with van der Waals surface area (Å²) in [5.41, 5.74) is -0.0103. The molecule has 4 heteroatoms. The van der Waals surface area contributed by atoms with Crippen molar-refractivity contribution in [1.82, 2.24) is 0 Å². The van der Waals surface area contributed by atoms with Gasteiger partial charge in [0, 0.05) is 13.3 Å². The first kappa shape index (κ1) is 13.9. The van der Waals surface area contributed by atoms with E-state index in [-0.39, 0.29) is 17.4 Å². The number of carbonyl (C=O) groups excluding carboxylic acids is 2. The lowest BCUT2D eigenvalue weighted by Gasteiger charge is -2.23. The molecular formula is C11H20O4. The van der Waals surface area contributed by atoms with Gasteiger partial charge in [-0.2, -0.15) is 0 Å². The van der Waals surface area contributed by atoms with Crippen LogP contribution >= 0.6 is 0 Å². The Hall–Kier alpha value is -1.06. The highest BCUT2D eigenvalue weighted by atomic mass is 16.5. The van der Waals surface area contributed by atoms with E-state index in [0.717, 1.165) is 12.8 Å². The second kappa shape index (κ2) is 6.43. The van der Waals surface area contributed by atoms with Crippen molar-refractivity contribution in [2.75, 3.05) is 13.7 Å². The third kappa shape index (κ3) is 7.97. The fourth-order valence-electron chi connectivity index (χ4n) is 1.14. The van der Waals surface area contributed by atoms with Gasteiger partial charge in [-0.1, -0.05) is 13.8 Å². The van der Waals surface area contributed by atoms with Crippen molar-refractivity contribution in [1.29, 1.82) is 0 Å². The minimum Gasteiger partial charge on any atom is -0.469 e. The summed E-state index contributed by atoms with van der Waals surface area (Å²) in [4.78, 5) is 21.5. The van der Waals surface area contributed by atoms with E-state index in [1.807, 2.05) is 13.8 Å². The van der Waals surface area contributed by atoms with Crippen molar-refractivity contribution in [2.45, 2.75) is 40.0 Å². The van der Waals surface area contributed by atoms with E-state index < -0.39 is 0 Å². The molecule has 0 bridgehead atoms. The van der Waals surface area contributed by atoms with Gasteiger partial charge in [-0.3, -0.25) is 9.59 Å². The first-order chi connectivity index (χ1) is 6.87. The molecule has 88 valence electrons. The van der Waals surface area contributed by atoms with Gasteiger partial charge in [0.1, 0.15) is 0 Å². The zero-order valence-corrected chi connectivity index (χ0v) is 9.96. The lowest BCUT2D eigenvalue weighted by Crippen LogP contribution is -2.17. The summed E-state index contributed by atoms with van der Waals surface area (Å²) in [6.07, 6.45) is 1.90. The van der Waals surface area contributed by atoms with Crippen LogP contribution in [0.1, 0.15) is 40.0 Å². The molecule has 0 atom stereocenters. The smallest absolute Gasteiger partial charge is 0.305 e. The molecule has 0 rings (SSSR count). The standard InChI is InChI=1S/C11H20O4/c1-9(12)15-8-7-11(2,3)6-5-10(13)14-4/h5-8H2,1-4H3. The Morgan fingerprint density at radius 2 is 1.80 bits per heavy atom. The van der Waals surface area contributed by atoms with Crippen LogP contribution in [0.2, 0.25) is 0 Å². The third-order valence-electron chi connectivity index (χ3n) is 2.32. The Kier molecular flexibility index (Phi) is 5.97. The molecule has 0 spiro atoms. The van der Waals surface area contributed by atoms with Crippen molar-refractivity contribution >= 4 is 11.9 Å². The van der Waals surface area contributed by atoms with Crippen molar-refractivity contribution in [2.24, 2.45) is 5.41 Å². The van der Waals surface area contributed by atoms with Gasteiger partial charge in [-0.15, -0.1) is 0 Å². The molecule has 4 nitrogen and oxygen atoms in total. The summed E-state index contributed by atoms with van der Waals surface area (Å²) in [7, 11) is 1.38. The van der Waals surface area contributed by atoms with Crippen LogP contribution in [0.15, 0.2) is 0 Å². The first-order valence-corrected chi connectivity index (χ1v) is 5.07. The van der Waals surface area contributed by atoms with Crippen molar-refractivity contribution in [3.8, 4) is 0 Å². The van der Waals surface area contributed by atoms with E-state index in [1.54, 1.807) is 0 Å². The number of rotatable bonds is 6. The zero-order chi connectivity index (χ0) is 11.9. The molecule has 0 aromatic heterocycles. The summed E-state index contributed by atoms with van der Waals surface area (Å²) in [5.74, 6) is -0.464. The minimum absolute atomic E-state index is 0.0103. The topological polar surface area (TPSA) is 52.6 Å². The summed E-state index contributed by atoms with van der Waals surface area (Å²) in [5, 5.41) is 0. The number of methoxy groups -OCH3 is 1. The van der Waals surface area contributed by atoms with Crippen LogP contribution in [0, 0.1) is 5.41 Å². The fourth-order valence-corrected chi connectivity index (χ4v) is 1.14. The SMILES string of the molecule is COC(=O)CCC(C)(C)CCOC(C)=O. The highest BCUT2D eigenvalue weighted by molar-refractivity contribution is 5.69. The van der Waals surface area contributed by atoms with E-state index in [9.17, 15) is 9.59 Å². The van der Waals surface area contributed by atoms with Gasteiger partial charge >= 0.3 is 11.9 Å². The number of carbonyl (C=O) groups is 2. The maximum Gasteiger partial charge on any atom is 0.305 e. The van der Waals surface area contributed by atoms with Crippen LogP contribution in [0.3, 0.4) is 0 Å². The summed E-state index contributed by atoms with van der Waals surface area (Å²) in [6.45, 7) is 5.88. The van der Waals surface area contributed by atoms with Gasteiger partial charge < -0.3 is 9.47 Å². The second-order valence-corrected chi connectivity index (χ2v) is 4.33. The molecule has 15 heavy (non-hydrogen) atoms. The highest BCUT2D eigenvalue weighted by Crippen LogP contribution is 2.26. The van der Waals surface area contributed by atoms with Gasteiger partial charge in [0.25, 0.3) is 0 Å². The molecule has 0 unspecified atom stereocenters. The first-order valence-electron chi connectivity index (χ1n) is 5.07. The van der Waals surface area contributed by atoms with E-state index in [4.69, 9.17) is 4.74 Å². The molecule has 0 aromatic rings. The molecule has 0 saturated heterocycles. The van der Waals surface area contributed by atoms with E-state index in [2.05, 4.69) is 4.74 Å². The Balaban J connectivity index is 3.76.